The van der Waals surface area contributed by atoms with Crippen molar-refractivity contribution in [1.29, 1.82) is 0 Å². The molecule has 2 rings (SSSR count). The molecule has 1 aliphatic rings. The molecule has 0 aliphatic heterocycles. The van der Waals surface area contributed by atoms with Crippen molar-refractivity contribution >= 4 is 6.29 Å². The molecule has 0 bridgehead atoms. The average molecular weight is 326 g/mol. The van der Waals surface area contributed by atoms with Gasteiger partial charge in [0, 0.05) is 6.42 Å². The lowest BCUT2D eigenvalue weighted by Gasteiger charge is -2.42. The molecule has 0 saturated carbocycles. The topological polar surface area (TPSA) is 26.3 Å². The molecule has 24 heavy (non-hydrogen) atoms. The van der Waals surface area contributed by atoms with E-state index >= 15 is 0 Å². The van der Waals surface area contributed by atoms with E-state index in [1.54, 1.807) is 13.2 Å². The van der Waals surface area contributed by atoms with Crippen molar-refractivity contribution in [2.24, 2.45) is 0 Å². The summed E-state index contributed by atoms with van der Waals surface area (Å²) in [5, 5.41) is 0. The molecule has 1 aromatic carbocycles. The van der Waals surface area contributed by atoms with Crippen LogP contribution in [-0.4, -0.2) is 13.4 Å². The van der Waals surface area contributed by atoms with Gasteiger partial charge in [0.2, 0.25) is 0 Å². The zero-order valence-corrected chi connectivity index (χ0v) is 15.9. The highest BCUT2D eigenvalue weighted by molar-refractivity contribution is 5.65. The van der Waals surface area contributed by atoms with Crippen LogP contribution in [0.5, 0.6) is 0 Å². The monoisotopic (exact) mass is 326 g/mol. The van der Waals surface area contributed by atoms with Gasteiger partial charge < -0.3 is 4.74 Å². The van der Waals surface area contributed by atoms with Crippen LogP contribution >= 0.6 is 0 Å². The second-order valence-corrected chi connectivity index (χ2v) is 8.13. The molecular weight excluding hydrogens is 296 g/mol. The predicted molar refractivity (Wildman–Crippen MR) is 100 cm³/mol. The molecule has 0 fully saturated rings. The fourth-order valence-electron chi connectivity index (χ4n) is 3.55. The molecule has 0 saturated heterocycles. The van der Waals surface area contributed by atoms with Gasteiger partial charge in [-0.25, -0.2) is 0 Å². The number of aldehydes is 1. The summed E-state index contributed by atoms with van der Waals surface area (Å²) >= 11 is 0. The van der Waals surface area contributed by atoms with Gasteiger partial charge in [0.1, 0.15) is 6.29 Å². The quantitative estimate of drug-likeness (QED) is 0.323. The van der Waals surface area contributed by atoms with Gasteiger partial charge in [-0.15, -0.1) is 0 Å². The maximum Gasteiger partial charge on any atom is 0.142 e. The first-order valence-electron chi connectivity index (χ1n) is 8.71. The highest BCUT2D eigenvalue weighted by atomic mass is 16.5. The molecule has 0 unspecified atom stereocenters. The Morgan fingerprint density at radius 2 is 1.67 bits per heavy atom. The maximum absolute atomic E-state index is 10.4. The minimum absolute atomic E-state index is 0.210. The number of benzene rings is 1. The van der Waals surface area contributed by atoms with Crippen molar-refractivity contribution in [2.75, 3.05) is 7.11 Å². The number of rotatable bonds is 5. The second-order valence-electron chi connectivity index (χ2n) is 8.13. The molecule has 0 amide bonds. The molecule has 2 nitrogen and oxygen atoms in total. The molecule has 0 atom stereocenters. The van der Waals surface area contributed by atoms with Crippen molar-refractivity contribution in [3.05, 3.63) is 58.4 Å². The summed E-state index contributed by atoms with van der Waals surface area (Å²) in [4.78, 5) is 10.4. The minimum Gasteiger partial charge on any atom is -0.501 e. The molecule has 0 radical (unpaired) electrons. The molecule has 0 heterocycles. The van der Waals surface area contributed by atoms with Gasteiger partial charge in [-0.2, -0.15) is 0 Å². The van der Waals surface area contributed by atoms with Crippen molar-refractivity contribution < 1.29 is 9.53 Å². The SMILES string of the molecule is CO/C(=C\C=C\C=O)Cc1cc2c(cc1C)C(C)(C)CCC2(C)C. The van der Waals surface area contributed by atoms with Crippen LogP contribution in [0.15, 0.2) is 36.1 Å². The van der Waals surface area contributed by atoms with Crippen LogP contribution in [0.3, 0.4) is 0 Å². The van der Waals surface area contributed by atoms with Crippen LogP contribution in [0.25, 0.3) is 0 Å². The number of fused-ring (bicyclic) bond motifs is 1. The molecule has 130 valence electrons. The summed E-state index contributed by atoms with van der Waals surface area (Å²) in [6.07, 6.45) is 9.03. The number of carbonyl (C=O) groups excluding carboxylic acids is 1. The summed E-state index contributed by atoms with van der Waals surface area (Å²) in [5.41, 5.74) is 6.01. The first-order valence-corrected chi connectivity index (χ1v) is 8.71. The van der Waals surface area contributed by atoms with Gasteiger partial charge in [0.05, 0.1) is 12.9 Å². The Kier molecular flexibility index (Phi) is 5.37. The normalized spacial score (nSPS) is 19.2. The van der Waals surface area contributed by atoms with Crippen molar-refractivity contribution in [3.63, 3.8) is 0 Å². The van der Waals surface area contributed by atoms with E-state index in [2.05, 4.69) is 46.8 Å². The lowest BCUT2D eigenvalue weighted by Crippen LogP contribution is -2.34. The van der Waals surface area contributed by atoms with Gasteiger partial charge in [-0.05, 0) is 65.0 Å². The highest BCUT2D eigenvalue weighted by Gasteiger charge is 2.37. The number of hydrogen-bond donors (Lipinski definition) is 0. The van der Waals surface area contributed by atoms with Crippen LogP contribution in [0.2, 0.25) is 0 Å². The van der Waals surface area contributed by atoms with E-state index in [-0.39, 0.29) is 10.8 Å². The van der Waals surface area contributed by atoms with Crippen LogP contribution in [-0.2, 0) is 26.8 Å². The zero-order valence-electron chi connectivity index (χ0n) is 15.9. The van der Waals surface area contributed by atoms with E-state index in [0.717, 1.165) is 18.5 Å². The highest BCUT2D eigenvalue weighted by Crippen LogP contribution is 2.46. The van der Waals surface area contributed by atoms with Gasteiger partial charge in [-0.3, -0.25) is 4.79 Å². The van der Waals surface area contributed by atoms with Crippen LogP contribution < -0.4 is 0 Å². The van der Waals surface area contributed by atoms with Crippen LogP contribution in [0, 0.1) is 6.92 Å². The molecule has 0 N–H and O–H groups in total. The number of carbonyl (C=O) groups is 1. The molecule has 0 aromatic heterocycles. The van der Waals surface area contributed by atoms with E-state index in [1.807, 2.05) is 6.08 Å². The Morgan fingerprint density at radius 3 is 2.21 bits per heavy atom. The van der Waals surface area contributed by atoms with E-state index < -0.39 is 0 Å². The fraction of sp³-hybridized carbons (Fsp3) is 0.500. The Bertz CT molecular complexity index is 675. The summed E-state index contributed by atoms with van der Waals surface area (Å²) in [5.74, 6) is 0.865. The summed E-state index contributed by atoms with van der Waals surface area (Å²) in [7, 11) is 1.68. The van der Waals surface area contributed by atoms with Crippen molar-refractivity contribution in [1.82, 2.24) is 0 Å². The van der Waals surface area contributed by atoms with Crippen molar-refractivity contribution in [3.8, 4) is 0 Å². The van der Waals surface area contributed by atoms with Crippen molar-refractivity contribution in [2.45, 2.75) is 64.7 Å². The van der Waals surface area contributed by atoms with Gasteiger partial charge in [0.25, 0.3) is 0 Å². The number of allylic oxidation sites excluding steroid dienone is 4. The van der Waals surface area contributed by atoms with Crippen LogP contribution in [0.1, 0.15) is 62.8 Å². The number of ether oxygens (including phenoxy) is 1. The Balaban J connectivity index is 2.45. The predicted octanol–water partition coefficient (Wildman–Crippen LogP) is 5.17. The minimum atomic E-state index is 0.210. The van der Waals surface area contributed by atoms with Gasteiger partial charge in [0.15, 0.2) is 0 Å². The average Bonchev–Trinajstić information content (AvgIpc) is 2.52. The standard InChI is InChI=1S/C22H30O2/c1-16-13-19-20(22(4,5)11-10-21(19,2)3)15-17(16)14-18(24-6)9-7-8-12-23/h7-9,12-13,15H,10-11,14H2,1-6H3/b8-7+,18-9-. The van der Waals surface area contributed by atoms with E-state index in [4.69, 9.17) is 4.74 Å². The smallest absolute Gasteiger partial charge is 0.142 e. The lowest BCUT2D eigenvalue weighted by atomic mass is 9.62. The third-order valence-electron chi connectivity index (χ3n) is 5.41. The summed E-state index contributed by atoms with van der Waals surface area (Å²) in [6, 6.07) is 4.75. The van der Waals surface area contributed by atoms with Gasteiger partial charge in [-0.1, -0.05) is 45.9 Å². The molecule has 1 aliphatic carbocycles. The first-order chi connectivity index (χ1) is 11.2. The van der Waals surface area contributed by atoms with E-state index in [1.165, 1.54) is 41.2 Å². The molecular formula is C22H30O2. The summed E-state index contributed by atoms with van der Waals surface area (Å²) < 4.78 is 5.49. The van der Waals surface area contributed by atoms with Gasteiger partial charge >= 0.3 is 0 Å². The summed E-state index contributed by atoms with van der Waals surface area (Å²) in [6.45, 7) is 11.6. The third kappa shape index (κ3) is 3.80. The number of hydrogen-bond acceptors (Lipinski definition) is 2. The third-order valence-corrected chi connectivity index (χ3v) is 5.41. The molecule has 2 heteroatoms. The number of aryl methyl sites for hydroxylation is 1. The number of methoxy groups -OCH3 is 1. The van der Waals surface area contributed by atoms with E-state index in [0.29, 0.717) is 0 Å². The maximum atomic E-state index is 10.4. The molecule has 1 aromatic rings. The fourth-order valence-corrected chi connectivity index (χ4v) is 3.55. The molecule has 0 spiro atoms. The Hall–Kier alpha value is -1.83. The van der Waals surface area contributed by atoms with Crippen LogP contribution in [0.4, 0.5) is 0 Å². The van der Waals surface area contributed by atoms with E-state index in [9.17, 15) is 4.79 Å². The lowest BCUT2D eigenvalue weighted by molar-refractivity contribution is -0.104. The first kappa shape index (κ1) is 18.5. The largest absolute Gasteiger partial charge is 0.501 e. The Labute approximate surface area is 146 Å². The Morgan fingerprint density at radius 1 is 1.08 bits per heavy atom. The zero-order chi connectivity index (χ0) is 18.0. The second kappa shape index (κ2) is 6.96.